The van der Waals surface area contributed by atoms with Gasteiger partial charge in [0.2, 0.25) is 11.9 Å². The van der Waals surface area contributed by atoms with Crippen LogP contribution in [-0.4, -0.2) is 46.2 Å². The van der Waals surface area contributed by atoms with Gasteiger partial charge in [0.05, 0.1) is 19.8 Å². The number of hydrogen-bond acceptors (Lipinski definition) is 9. The van der Waals surface area contributed by atoms with Crippen LogP contribution in [0.2, 0.25) is 0 Å². The lowest BCUT2D eigenvalue weighted by Gasteiger charge is -2.27. The quantitative estimate of drug-likeness (QED) is 0.592. The van der Waals surface area contributed by atoms with E-state index >= 15 is 0 Å². The second-order valence-electron chi connectivity index (χ2n) is 7.21. The highest BCUT2D eigenvalue weighted by atomic mass is 32.1. The van der Waals surface area contributed by atoms with Gasteiger partial charge in [-0.05, 0) is 25.0 Å². The van der Waals surface area contributed by atoms with E-state index in [0.29, 0.717) is 25.1 Å². The zero-order valence-electron chi connectivity index (χ0n) is 17.6. The van der Waals surface area contributed by atoms with E-state index in [1.165, 1.54) is 16.8 Å². The van der Waals surface area contributed by atoms with Gasteiger partial charge in [-0.1, -0.05) is 36.5 Å². The number of hydrogen-bond donors (Lipinski definition) is 2. The molecule has 0 spiro atoms. The van der Waals surface area contributed by atoms with Crippen LogP contribution >= 0.6 is 11.3 Å². The van der Waals surface area contributed by atoms with Crippen molar-refractivity contribution in [3.63, 3.8) is 0 Å². The molecule has 4 rings (SSSR count). The first-order valence-electron chi connectivity index (χ1n) is 10.2. The molecule has 9 heteroatoms. The van der Waals surface area contributed by atoms with Crippen molar-refractivity contribution in [3.8, 4) is 0 Å². The molecule has 30 heavy (non-hydrogen) atoms. The molecule has 2 aromatic heterocycles. The number of aromatic nitrogens is 4. The normalized spacial score (nSPS) is 14.0. The predicted molar refractivity (Wildman–Crippen MR) is 121 cm³/mol. The third-order valence-corrected chi connectivity index (χ3v) is 5.89. The van der Waals surface area contributed by atoms with Crippen molar-refractivity contribution in [2.45, 2.75) is 33.7 Å². The van der Waals surface area contributed by atoms with Gasteiger partial charge in [0, 0.05) is 36.3 Å². The van der Waals surface area contributed by atoms with Crippen LogP contribution in [0.1, 0.15) is 28.8 Å². The van der Waals surface area contributed by atoms with Gasteiger partial charge in [0.1, 0.15) is 5.82 Å². The maximum absolute atomic E-state index is 5.43. The number of benzene rings is 1. The van der Waals surface area contributed by atoms with E-state index in [0.717, 1.165) is 41.9 Å². The first-order chi connectivity index (χ1) is 14.6. The average molecular weight is 426 g/mol. The summed E-state index contributed by atoms with van der Waals surface area (Å²) in [6, 6.07) is 6.31. The zero-order valence-corrected chi connectivity index (χ0v) is 18.4. The molecule has 0 radical (unpaired) electrons. The molecule has 1 aromatic carbocycles. The minimum Gasteiger partial charge on any atom is -0.380 e. The number of nitrogens with zero attached hydrogens (tertiary/aromatic N) is 5. The number of thiazole rings is 1. The number of aryl methyl sites for hydroxylation is 3. The molecule has 1 saturated heterocycles. The molecule has 1 fully saturated rings. The van der Waals surface area contributed by atoms with E-state index in [4.69, 9.17) is 4.74 Å². The lowest BCUT2D eigenvalue weighted by atomic mass is 10.1. The van der Waals surface area contributed by atoms with Crippen molar-refractivity contribution in [2.75, 3.05) is 41.8 Å². The topological polar surface area (TPSA) is 88.1 Å². The maximum atomic E-state index is 5.43. The van der Waals surface area contributed by atoms with Gasteiger partial charge >= 0.3 is 0 Å². The number of nitrogens with one attached hydrogen (secondary N) is 2. The molecule has 0 aliphatic carbocycles. The number of morpholine rings is 1. The molecular weight excluding hydrogens is 398 g/mol. The Morgan fingerprint density at radius 2 is 1.87 bits per heavy atom. The maximum Gasteiger partial charge on any atom is 0.234 e. The van der Waals surface area contributed by atoms with Gasteiger partial charge in [0.15, 0.2) is 5.13 Å². The van der Waals surface area contributed by atoms with Crippen LogP contribution in [0.4, 0.5) is 22.7 Å². The van der Waals surface area contributed by atoms with Crippen LogP contribution in [0, 0.1) is 13.8 Å². The second-order valence-corrected chi connectivity index (χ2v) is 8.32. The summed E-state index contributed by atoms with van der Waals surface area (Å²) in [5, 5.41) is 7.56. The van der Waals surface area contributed by atoms with E-state index in [-0.39, 0.29) is 0 Å². The Bertz CT molecular complexity index is 981. The summed E-state index contributed by atoms with van der Waals surface area (Å²) in [5.41, 5.74) is 3.66. The van der Waals surface area contributed by atoms with E-state index < -0.39 is 0 Å². The molecule has 158 valence electrons. The molecule has 8 nitrogen and oxygen atoms in total. The molecule has 0 bridgehead atoms. The van der Waals surface area contributed by atoms with Crippen LogP contribution in [0.3, 0.4) is 0 Å². The summed E-state index contributed by atoms with van der Waals surface area (Å²) in [7, 11) is 0. The molecule has 3 aromatic rings. The lowest BCUT2D eigenvalue weighted by molar-refractivity contribution is 0.122. The fourth-order valence-corrected chi connectivity index (χ4v) is 4.08. The number of para-hydroxylation sites is 1. The van der Waals surface area contributed by atoms with E-state index in [9.17, 15) is 0 Å². The summed E-state index contributed by atoms with van der Waals surface area (Å²) in [6.45, 7) is 9.97. The lowest BCUT2D eigenvalue weighted by Crippen LogP contribution is -2.37. The van der Waals surface area contributed by atoms with Crippen LogP contribution < -0.4 is 15.5 Å². The van der Waals surface area contributed by atoms with Crippen LogP contribution in [0.15, 0.2) is 24.4 Å². The van der Waals surface area contributed by atoms with E-state index in [1.54, 1.807) is 11.3 Å². The van der Waals surface area contributed by atoms with Crippen molar-refractivity contribution in [1.29, 1.82) is 0 Å². The summed E-state index contributed by atoms with van der Waals surface area (Å²) in [5.74, 6) is 2.00. The Morgan fingerprint density at radius 1 is 1.10 bits per heavy atom. The van der Waals surface area contributed by atoms with Gasteiger partial charge in [-0.3, -0.25) is 5.32 Å². The van der Waals surface area contributed by atoms with Crippen LogP contribution in [-0.2, 0) is 17.7 Å². The molecule has 1 aliphatic heterocycles. The molecule has 0 amide bonds. The Labute approximate surface area is 180 Å². The molecule has 0 unspecified atom stereocenters. The van der Waals surface area contributed by atoms with Crippen molar-refractivity contribution < 1.29 is 4.74 Å². The van der Waals surface area contributed by atoms with E-state index in [1.807, 2.05) is 13.1 Å². The third-order valence-electron chi connectivity index (χ3n) is 4.97. The number of anilines is 4. The minimum atomic E-state index is 0.534. The Kier molecular flexibility index (Phi) is 6.39. The molecule has 3 heterocycles. The van der Waals surface area contributed by atoms with Crippen LogP contribution in [0.5, 0.6) is 0 Å². The van der Waals surface area contributed by atoms with Crippen LogP contribution in [0.25, 0.3) is 0 Å². The predicted octanol–water partition coefficient (Wildman–Crippen LogP) is 3.70. The Balaban J connectivity index is 1.45. The first kappa shape index (κ1) is 20.5. The van der Waals surface area contributed by atoms with Gasteiger partial charge in [0.25, 0.3) is 0 Å². The fraction of sp³-hybridized carbons (Fsp3) is 0.429. The van der Waals surface area contributed by atoms with Crippen molar-refractivity contribution in [2.24, 2.45) is 0 Å². The van der Waals surface area contributed by atoms with Gasteiger partial charge in [-0.15, -0.1) is 0 Å². The smallest absolute Gasteiger partial charge is 0.234 e. The molecule has 0 saturated carbocycles. The molecular formula is C21H27N7OS. The van der Waals surface area contributed by atoms with Gasteiger partial charge < -0.3 is 15.0 Å². The van der Waals surface area contributed by atoms with Gasteiger partial charge in [-0.25, -0.2) is 4.98 Å². The Morgan fingerprint density at radius 3 is 2.60 bits per heavy atom. The summed E-state index contributed by atoms with van der Waals surface area (Å²) >= 11 is 1.59. The standard InChI is InChI=1S/C21H27N7OS/c1-4-17-24-19(26-20(25-17)28-8-10-29-11-9-28)27-21-23-13-16(30-21)12-22-18-14(2)6-5-7-15(18)3/h5-7,13,22H,4,8-12H2,1-3H3,(H,23,24,25,26,27). The fourth-order valence-electron chi connectivity index (χ4n) is 3.34. The minimum absolute atomic E-state index is 0.534. The summed E-state index contributed by atoms with van der Waals surface area (Å²) in [4.78, 5) is 21.5. The summed E-state index contributed by atoms with van der Waals surface area (Å²) < 4.78 is 5.43. The Hall–Kier alpha value is -2.78. The summed E-state index contributed by atoms with van der Waals surface area (Å²) in [6.07, 6.45) is 2.63. The number of rotatable bonds is 7. The molecule has 1 aliphatic rings. The third kappa shape index (κ3) is 4.85. The largest absolute Gasteiger partial charge is 0.380 e. The van der Waals surface area contributed by atoms with Crippen molar-refractivity contribution in [3.05, 3.63) is 46.2 Å². The van der Waals surface area contributed by atoms with E-state index in [2.05, 4.69) is 67.5 Å². The second kappa shape index (κ2) is 9.36. The van der Waals surface area contributed by atoms with Crippen molar-refractivity contribution in [1.82, 2.24) is 19.9 Å². The average Bonchev–Trinajstić information content (AvgIpc) is 3.21. The molecule has 0 atom stereocenters. The SMILES string of the molecule is CCc1nc(Nc2ncc(CNc3c(C)cccc3C)s2)nc(N2CCOCC2)n1. The first-order valence-corrected chi connectivity index (χ1v) is 11.0. The monoisotopic (exact) mass is 425 g/mol. The van der Waals surface area contributed by atoms with Crippen molar-refractivity contribution >= 4 is 34.1 Å². The highest BCUT2D eigenvalue weighted by molar-refractivity contribution is 7.15. The van der Waals surface area contributed by atoms with Gasteiger partial charge in [-0.2, -0.15) is 15.0 Å². The zero-order chi connectivity index (χ0) is 20.9. The number of ether oxygens (including phenoxy) is 1. The highest BCUT2D eigenvalue weighted by Gasteiger charge is 2.17. The highest BCUT2D eigenvalue weighted by Crippen LogP contribution is 2.25. The molecule has 2 N–H and O–H groups in total.